The van der Waals surface area contributed by atoms with Crippen LogP contribution in [0.15, 0.2) is 36.4 Å². The number of ether oxygens (including phenoxy) is 1. The van der Waals surface area contributed by atoms with E-state index in [2.05, 4.69) is 0 Å². The van der Waals surface area contributed by atoms with Crippen molar-refractivity contribution in [3.8, 4) is 5.75 Å². The number of sulfone groups is 1. The monoisotopic (exact) mass is 439 g/mol. The number of amides is 1. The van der Waals surface area contributed by atoms with Crippen LogP contribution >= 0.6 is 11.6 Å². The maximum atomic E-state index is 13.6. The molecule has 8 heteroatoms. The molecule has 1 unspecified atom stereocenters. The first-order valence-electron chi connectivity index (χ1n) is 9.28. The molecule has 0 aromatic heterocycles. The van der Waals surface area contributed by atoms with Crippen LogP contribution in [-0.2, 0) is 21.2 Å². The summed E-state index contributed by atoms with van der Waals surface area (Å²) >= 11 is 6.16. The summed E-state index contributed by atoms with van der Waals surface area (Å²) in [6.07, 6.45) is 0.364. The molecule has 2 aromatic rings. The summed E-state index contributed by atoms with van der Waals surface area (Å²) < 4.78 is 43.1. The number of rotatable bonds is 6. The normalized spacial score (nSPS) is 17.9. The van der Waals surface area contributed by atoms with Crippen molar-refractivity contribution in [1.29, 1.82) is 0 Å². The molecule has 0 spiro atoms. The van der Waals surface area contributed by atoms with Gasteiger partial charge in [0.05, 0.1) is 11.5 Å². The van der Waals surface area contributed by atoms with Crippen LogP contribution in [0.4, 0.5) is 4.39 Å². The zero-order valence-corrected chi connectivity index (χ0v) is 17.9. The van der Waals surface area contributed by atoms with E-state index in [4.69, 9.17) is 16.3 Å². The highest BCUT2D eigenvalue weighted by atomic mass is 35.5. The number of benzene rings is 2. The van der Waals surface area contributed by atoms with Crippen LogP contribution in [0.1, 0.15) is 23.1 Å². The number of halogens is 2. The lowest BCUT2D eigenvalue weighted by molar-refractivity contribution is -0.136. The Kier molecular flexibility index (Phi) is 6.49. The number of aryl methyl sites for hydroxylation is 2. The van der Waals surface area contributed by atoms with Crippen molar-refractivity contribution in [2.75, 3.05) is 18.1 Å². The van der Waals surface area contributed by atoms with E-state index in [1.54, 1.807) is 24.3 Å². The van der Waals surface area contributed by atoms with Gasteiger partial charge in [0.2, 0.25) is 0 Å². The first kappa shape index (κ1) is 21.6. The van der Waals surface area contributed by atoms with Crippen LogP contribution in [-0.4, -0.2) is 43.4 Å². The molecule has 5 nitrogen and oxygen atoms in total. The molecule has 1 saturated heterocycles. The van der Waals surface area contributed by atoms with E-state index in [9.17, 15) is 17.6 Å². The summed E-state index contributed by atoms with van der Waals surface area (Å²) in [5, 5.41) is 0.646. The molecular weight excluding hydrogens is 417 g/mol. The van der Waals surface area contributed by atoms with Gasteiger partial charge in [-0.05, 0) is 61.2 Å². The van der Waals surface area contributed by atoms with Gasteiger partial charge in [-0.2, -0.15) is 0 Å². The van der Waals surface area contributed by atoms with Crippen LogP contribution < -0.4 is 4.74 Å². The molecule has 1 atom stereocenters. The van der Waals surface area contributed by atoms with Gasteiger partial charge < -0.3 is 9.64 Å². The van der Waals surface area contributed by atoms with Crippen LogP contribution in [0.25, 0.3) is 0 Å². The van der Waals surface area contributed by atoms with Crippen molar-refractivity contribution < 1.29 is 22.3 Å². The van der Waals surface area contributed by atoms with Gasteiger partial charge in [0.25, 0.3) is 5.91 Å². The summed E-state index contributed by atoms with van der Waals surface area (Å²) in [6, 6.07) is 8.99. The third-order valence-electron chi connectivity index (χ3n) is 4.98. The highest BCUT2D eigenvalue weighted by Crippen LogP contribution is 2.26. The van der Waals surface area contributed by atoms with E-state index in [-0.39, 0.29) is 30.6 Å². The van der Waals surface area contributed by atoms with Crippen molar-refractivity contribution in [3.63, 3.8) is 0 Å². The molecule has 29 heavy (non-hydrogen) atoms. The van der Waals surface area contributed by atoms with Gasteiger partial charge >= 0.3 is 0 Å². The van der Waals surface area contributed by atoms with Gasteiger partial charge in [-0.1, -0.05) is 23.7 Å². The Labute approximate surface area is 175 Å². The van der Waals surface area contributed by atoms with Crippen molar-refractivity contribution in [2.24, 2.45) is 0 Å². The van der Waals surface area contributed by atoms with Gasteiger partial charge in [-0.25, -0.2) is 12.8 Å². The summed E-state index contributed by atoms with van der Waals surface area (Å²) in [6.45, 7) is 3.58. The Balaban J connectivity index is 1.77. The molecule has 3 rings (SSSR count). The number of carbonyl (C=O) groups excluding carboxylic acids is 1. The molecular formula is C21H23ClFNO4S. The van der Waals surface area contributed by atoms with E-state index in [1.807, 2.05) is 13.8 Å². The molecule has 1 aliphatic rings. The Morgan fingerprint density at radius 3 is 2.52 bits per heavy atom. The van der Waals surface area contributed by atoms with Crippen molar-refractivity contribution in [1.82, 2.24) is 4.90 Å². The Morgan fingerprint density at radius 1 is 1.24 bits per heavy atom. The van der Waals surface area contributed by atoms with Gasteiger partial charge in [-0.3, -0.25) is 4.79 Å². The minimum absolute atomic E-state index is 0.0427. The largest absolute Gasteiger partial charge is 0.484 e. The molecule has 1 heterocycles. The molecule has 2 aromatic carbocycles. The van der Waals surface area contributed by atoms with E-state index < -0.39 is 21.7 Å². The van der Waals surface area contributed by atoms with E-state index >= 15 is 0 Å². The number of hydrogen-bond donors (Lipinski definition) is 0. The van der Waals surface area contributed by atoms with E-state index in [0.29, 0.717) is 22.8 Å². The zero-order valence-electron chi connectivity index (χ0n) is 16.3. The molecule has 156 valence electrons. The summed E-state index contributed by atoms with van der Waals surface area (Å²) in [5.74, 6) is -0.282. The van der Waals surface area contributed by atoms with Gasteiger partial charge in [-0.15, -0.1) is 0 Å². The molecule has 0 aliphatic carbocycles. The standard InChI is InChI=1S/C21H23ClFNO4S/c1-14-8-19(9-15(2)21(14)22)28-12-20(25)24(18-6-7-29(26,27)13-18)11-16-4-3-5-17(23)10-16/h3-5,8-10,18H,6-7,11-13H2,1-2H3. The van der Waals surface area contributed by atoms with Crippen molar-refractivity contribution in [3.05, 3.63) is 63.9 Å². The predicted molar refractivity (Wildman–Crippen MR) is 110 cm³/mol. The van der Waals surface area contributed by atoms with Crippen LogP contribution in [0.3, 0.4) is 0 Å². The summed E-state index contributed by atoms with van der Waals surface area (Å²) in [4.78, 5) is 14.4. The highest BCUT2D eigenvalue weighted by Gasteiger charge is 2.34. The van der Waals surface area contributed by atoms with Crippen LogP contribution in [0.5, 0.6) is 5.75 Å². The third kappa shape index (κ3) is 5.48. The van der Waals surface area contributed by atoms with Crippen molar-refractivity contribution >= 4 is 27.3 Å². The maximum Gasteiger partial charge on any atom is 0.261 e. The average molecular weight is 440 g/mol. The number of hydrogen-bond acceptors (Lipinski definition) is 4. The predicted octanol–water partition coefficient (Wildman–Crippen LogP) is 3.69. The smallest absolute Gasteiger partial charge is 0.261 e. The lowest BCUT2D eigenvalue weighted by Gasteiger charge is -2.28. The first-order chi connectivity index (χ1) is 13.6. The summed E-state index contributed by atoms with van der Waals surface area (Å²) in [7, 11) is -3.18. The number of carbonyl (C=O) groups is 1. The molecule has 1 aliphatic heterocycles. The highest BCUT2D eigenvalue weighted by molar-refractivity contribution is 7.91. The second-order valence-corrected chi connectivity index (χ2v) is 9.97. The van der Waals surface area contributed by atoms with Crippen LogP contribution in [0.2, 0.25) is 5.02 Å². The van der Waals surface area contributed by atoms with Crippen LogP contribution in [0, 0.1) is 19.7 Å². The average Bonchev–Trinajstić information content (AvgIpc) is 3.01. The minimum Gasteiger partial charge on any atom is -0.484 e. The SMILES string of the molecule is Cc1cc(OCC(=O)N(Cc2cccc(F)c2)C2CCS(=O)(=O)C2)cc(C)c1Cl. The number of nitrogens with zero attached hydrogens (tertiary/aromatic N) is 1. The maximum absolute atomic E-state index is 13.6. The second kappa shape index (κ2) is 8.71. The fraction of sp³-hybridized carbons (Fsp3) is 0.381. The Bertz CT molecular complexity index is 1000. The summed E-state index contributed by atoms with van der Waals surface area (Å²) in [5.41, 5.74) is 2.28. The molecule has 0 saturated carbocycles. The topological polar surface area (TPSA) is 63.7 Å². The fourth-order valence-electron chi connectivity index (χ4n) is 3.49. The molecule has 1 amide bonds. The quantitative estimate of drug-likeness (QED) is 0.688. The minimum atomic E-state index is -3.18. The zero-order chi connectivity index (χ0) is 21.2. The van der Waals surface area contributed by atoms with E-state index in [1.165, 1.54) is 17.0 Å². The Hall–Kier alpha value is -2.12. The molecule has 0 bridgehead atoms. The van der Waals surface area contributed by atoms with Gasteiger partial charge in [0.15, 0.2) is 16.4 Å². The Morgan fingerprint density at radius 2 is 1.93 bits per heavy atom. The lowest BCUT2D eigenvalue weighted by atomic mass is 10.1. The molecule has 0 radical (unpaired) electrons. The van der Waals surface area contributed by atoms with E-state index in [0.717, 1.165) is 11.1 Å². The second-order valence-electron chi connectivity index (χ2n) is 7.37. The van der Waals surface area contributed by atoms with Crippen molar-refractivity contribution in [2.45, 2.75) is 32.9 Å². The lowest BCUT2D eigenvalue weighted by Crippen LogP contribution is -2.43. The molecule has 1 fully saturated rings. The molecule has 0 N–H and O–H groups in total. The third-order valence-corrected chi connectivity index (χ3v) is 7.33. The van der Waals surface area contributed by atoms with Gasteiger partial charge in [0.1, 0.15) is 11.6 Å². The van der Waals surface area contributed by atoms with Gasteiger partial charge in [0, 0.05) is 17.6 Å². The fourth-order valence-corrected chi connectivity index (χ4v) is 5.33. The first-order valence-corrected chi connectivity index (χ1v) is 11.5.